The number of nitrogens with one attached hydrogen (secondary N) is 1. The van der Waals surface area contributed by atoms with Crippen LogP contribution in [0.15, 0.2) is 17.2 Å². The summed E-state index contributed by atoms with van der Waals surface area (Å²) in [5.74, 6) is -0.262. The van der Waals surface area contributed by atoms with Gasteiger partial charge < -0.3 is 9.88 Å². The number of aryl methyl sites for hydroxylation is 1. The summed E-state index contributed by atoms with van der Waals surface area (Å²) in [7, 11) is -3.79. The van der Waals surface area contributed by atoms with Crippen molar-refractivity contribution in [1.29, 1.82) is 0 Å². The van der Waals surface area contributed by atoms with Crippen LogP contribution in [0.4, 0.5) is 0 Å². The number of hydrogen-bond acceptors (Lipinski definition) is 3. The number of carbonyl (C=O) groups excluding carboxylic acids is 1. The molecule has 0 aliphatic rings. The van der Waals surface area contributed by atoms with E-state index in [-0.39, 0.29) is 16.8 Å². The Morgan fingerprint density at radius 3 is 2.50 bits per heavy atom. The van der Waals surface area contributed by atoms with E-state index in [4.69, 9.17) is 5.14 Å². The van der Waals surface area contributed by atoms with Crippen molar-refractivity contribution in [2.45, 2.75) is 57.5 Å². The minimum absolute atomic E-state index is 0.0342. The zero-order valence-electron chi connectivity index (χ0n) is 12.2. The van der Waals surface area contributed by atoms with Gasteiger partial charge in [-0.2, -0.15) is 0 Å². The topological polar surface area (TPSA) is 94.2 Å². The normalized spacial score (nSPS) is 13.2. The number of hydrogen-bond donors (Lipinski definition) is 2. The smallest absolute Gasteiger partial charge is 0.268 e. The van der Waals surface area contributed by atoms with Crippen LogP contribution in [0, 0.1) is 0 Å². The lowest BCUT2D eigenvalue weighted by Gasteiger charge is -2.16. The molecule has 0 spiro atoms. The minimum Gasteiger partial charge on any atom is -0.348 e. The third-order valence-corrected chi connectivity index (χ3v) is 4.12. The summed E-state index contributed by atoms with van der Waals surface area (Å²) in [6, 6.07) is 1.43. The lowest BCUT2D eigenvalue weighted by molar-refractivity contribution is 0.0924. The third kappa shape index (κ3) is 4.08. The standard InChI is InChI=1S/C13H23N3O3S/c1-4-7-10(5-2)15-13(17)12-8-11(20(14,18)19)9-16(12)6-3/h8-10H,4-7H2,1-3H3,(H,15,17)(H2,14,18,19). The van der Waals surface area contributed by atoms with Crippen molar-refractivity contribution < 1.29 is 13.2 Å². The molecule has 0 radical (unpaired) electrons. The van der Waals surface area contributed by atoms with Gasteiger partial charge in [0, 0.05) is 18.8 Å². The fourth-order valence-corrected chi connectivity index (χ4v) is 2.63. The second kappa shape index (κ2) is 6.90. The Bertz CT molecular complexity index is 563. The molecule has 0 fully saturated rings. The van der Waals surface area contributed by atoms with E-state index in [2.05, 4.69) is 12.2 Å². The van der Waals surface area contributed by atoms with Crippen molar-refractivity contribution in [1.82, 2.24) is 9.88 Å². The number of aromatic nitrogens is 1. The molecule has 1 aromatic heterocycles. The number of rotatable bonds is 7. The first-order valence-electron chi connectivity index (χ1n) is 6.87. The predicted molar refractivity (Wildman–Crippen MR) is 77.9 cm³/mol. The Morgan fingerprint density at radius 2 is 2.05 bits per heavy atom. The summed E-state index contributed by atoms with van der Waals surface area (Å²) in [6.07, 6.45) is 4.12. The molecular weight excluding hydrogens is 278 g/mol. The van der Waals surface area contributed by atoms with Crippen molar-refractivity contribution in [3.8, 4) is 0 Å². The van der Waals surface area contributed by atoms with Crippen molar-refractivity contribution in [2.75, 3.05) is 0 Å². The van der Waals surface area contributed by atoms with Gasteiger partial charge in [-0.3, -0.25) is 4.79 Å². The quantitative estimate of drug-likeness (QED) is 0.798. The maximum absolute atomic E-state index is 12.2. The highest BCUT2D eigenvalue weighted by atomic mass is 32.2. The molecule has 1 atom stereocenters. The molecule has 0 saturated carbocycles. The second-order valence-corrected chi connectivity index (χ2v) is 6.32. The number of carbonyl (C=O) groups is 1. The SMILES string of the molecule is CCCC(CC)NC(=O)c1cc(S(N)(=O)=O)cn1CC. The third-order valence-electron chi connectivity index (χ3n) is 3.24. The maximum Gasteiger partial charge on any atom is 0.268 e. The van der Waals surface area contributed by atoms with E-state index in [0.717, 1.165) is 19.3 Å². The van der Waals surface area contributed by atoms with Gasteiger partial charge in [0.05, 0.1) is 0 Å². The average Bonchev–Trinajstić information content (AvgIpc) is 2.82. The summed E-state index contributed by atoms with van der Waals surface area (Å²) in [5, 5.41) is 8.02. The minimum atomic E-state index is -3.79. The monoisotopic (exact) mass is 301 g/mol. The Labute approximate surface area is 120 Å². The van der Waals surface area contributed by atoms with Gasteiger partial charge in [-0.15, -0.1) is 0 Å². The van der Waals surface area contributed by atoms with Gasteiger partial charge in [0.25, 0.3) is 5.91 Å². The first kappa shape index (κ1) is 16.7. The molecule has 0 aliphatic carbocycles. The predicted octanol–water partition coefficient (Wildman–Crippen LogP) is 1.46. The lowest BCUT2D eigenvalue weighted by Crippen LogP contribution is -2.35. The van der Waals surface area contributed by atoms with Crippen LogP contribution in [0.2, 0.25) is 0 Å². The van der Waals surface area contributed by atoms with Gasteiger partial charge in [-0.25, -0.2) is 13.6 Å². The van der Waals surface area contributed by atoms with Crippen molar-refractivity contribution in [3.63, 3.8) is 0 Å². The van der Waals surface area contributed by atoms with E-state index in [1.165, 1.54) is 12.3 Å². The van der Waals surface area contributed by atoms with Crippen molar-refractivity contribution in [3.05, 3.63) is 18.0 Å². The van der Waals surface area contributed by atoms with Crippen LogP contribution in [0.3, 0.4) is 0 Å². The van der Waals surface area contributed by atoms with E-state index in [1.54, 1.807) is 4.57 Å². The number of sulfonamides is 1. The van der Waals surface area contributed by atoms with Crippen LogP contribution >= 0.6 is 0 Å². The molecule has 0 aliphatic heterocycles. The molecule has 1 unspecified atom stereocenters. The van der Waals surface area contributed by atoms with E-state index < -0.39 is 10.0 Å². The van der Waals surface area contributed by atoms with Crippen molar-refractivity contribution >= 4 is 15.9 Å². The zero-order chi connectivity index (χ0) is 15.3. The van der Waals surface area contributed by atoms with Gasteiger partial charge in [-0.05, 0) is 25.8 Å². The molecule has 1 aromatic rings. The van der Waals surface area contributed by atoms with Gasteiger partial charge in [-0.1, -0.05) is 20.3 Å². The summed E-state index contributed by atoms with van der Waals surface area (Å²) < 4.78 is 24.3. The zero-order valence-corrected chi connectivity index (χ0v) is 13.0. The fourth-order valence-electron chi connectivity index (χ4n) is 2.08. The van der Waals surface area contributed by atoms with Crippen LogP contribution in [0.5, 0.6) is 0 Å². The van der Waals surface area contributed by atoms with Gasteiger partial charge >= 0.3 is 0 Å². The molecule has 0 bridgehead atoms. The Hall–Kier alpha value is -1.34. The highest BCUT2D eigenvalue weighted by Gasteiger charge is 2.19. The molecule has 0 saturated heterocycles. The molecule has 1 rings (SSSR count). The molecule has 20 heavy (non-hydrogen) atoms. The fraction of sp³-hybridized carbons (Fsp3) is 0.615. The molecular formula is C13H23N3O3S. The Morgan fingerprint density at radius 1 is 1.40 bits per heavy atom. The van der Waals surface area contributed by atoms with Crippen LogP contribution < -0.4 is 10.5 Å². The Kier molecular flexibility index (Phi) is 5.76. The highest BCUT2D eigenvalue weighted by molar-refractivity contribution is 7.89. The Balaban J connectivity index is 3.00. The first-order chi connectivity index (χ1) is 9.33. The van der Waals surface area contributed by atoms with Gasteiger partial charge in [0.15, 0.2) is 0 Å². The van der Waals surface area contributed by atoms with E-state index >= 15 is 0 Å². The second-order valence-electron chi connectivity index (χ2n) is 4.76. The number of nitrogens with two attached hydrogens (primary N) is 1. The summed E-state index contributed by atoms with van der Waals surface area (Å²) >= 11 is 0. The van der Waals surface area contributed by atoms with Crippen LogP contribution in [0.25, 0.3) is 0 Å². The largest absolute Gasteiger partial charge is 0.348 e. The number of nitrogens with zero attached hydrogens (tertiary/aromatic N) is 1. The molecule has 6 nitrogen and oxygen atoms in total. The molecule has 0 aromatic carbocycles. The molecule has 1 heterocycles. The molecule has 7 heteroatoms. The summed E-state index contributed by atoms with van der Waals surface area (Å²) in [6.45, 7) is 6.41. The average molecular weight is 301 g/mol. The van der Waals surface area contributed by atoms with E-state index in [0.29, 0.717) is 12.2 Å². The van der Waals surface area contributed by atoms with Crippen LogP contribution in [0.1, 0.15) is 50.5 Å². The van der Waals surface area contributed by atoms with Gasteiger partial charge in [0.1, 0.15) is 10.6 Å². The van der Waals surface area contributed by atoms with Crippen LogP contribution in [-0.2, 0) is 16.6 Å². The van der Waals surface area contributed by atoms with Crippen LogP contribution in [-0.4, -0.2) is 24.9 Å². The summed E-state index contributed by atoms with van der Waals surface area (Å²) in [4.78, 5) is 12.2. The number of primary sulfonamides is 1. The molecule has 1 amide bonds. The van der Waals surface area contributed by atoms with Gasteiger partial charge in [0.2, 0.25) is 10.0 Å². The lowest BCUT2D eigenvalue weighted by atomic mass is 10.1. The molecule has 3 N–H and O–H groups in total. The number of amides is 1. The van der Waals surface area contributed by atoms with E-state index in [9.17, 15) is 13.2 Å². The molecule has 114 valence electrons. The summed E-state index contributed by atoms with van der Waals surface area (Å²) in [5.41, 5.74) is 0.325. The maximum atomic E-state index is 12.2. The van der Waals surface area contributed by atoms with Crippen molar-refractivity contribution in [2.24, 2.45) is 5.14 Å². The highest BCUT2D eigenvalue weighted by Crippen LogP contribution is 2.14. The first-order valence-corrected chi connectivity index (χ1v) is 8.41. The van der Waals surface area contributed by atoms with E-state index in [1.807, 2.05) is 13.8 Å².